The minimum atomic E-state index is -0.571. The van der Waals surface area contributed by atoms with Crippen LogP contribution in [0.4, 0.5) is 21.8 Å². The first-order valence-electron chi connectivity index (χ1n) is 11.9. The summed E-state index contributed by atoms with van der Waals surface area (Å²) in [6, 6.07) is 5.53. The summed E-state index contributed by atoms with van der Waals surface area (Å²) in [5.41, 5.74) is 7.40. The lowest BCUT2D eigenvalue weighted by Gasteiger charge is -2.30. The number of hydrogen-bond donors (Lipinski definition) is 3. The fourth-order valence-electron chi connectivity index (χ4n) is 5.48. The van der Waals surface area contributed by atoms with Crippen molar-refractivity contribution >= 4 is 23.4 Å². The van der Waals surface area contributed by atoms with Gasteiger partial charge in [0.15, 0.2) is 11.6 Å². The van der Waals surface area contributed by atoms with Gasteiger partial charge in [-0.15, -0.1) is 0 Å². The molecule has 34 heavy (non-hydrogen) atoms. The van der Waals surface area contributed by atoms with Gasteiger partial charge in [-0.1, -0.05) is 12.2 Å². The van der Waals surface area contributed by atoms with Gasteiger partial charge in [-0.3, -0.25) is 4.79 Å². The first-order chi connectivity index (χ1) is 16.4. The van der Waals surface area contributed by atoms with Crippen LogP contribution in [0.15, 0.2) is 36.5 Å². The highest BCUT2D eigenvalue weighted by Crippen LogP contribution is 2.45. The number of carbonyl (C=O) groups excluding carboxylic acids is 1. The van der Waals surface area contributed by atoms with Gasteiger partial charge in [0.2, 0.25) is 11.9 Å². The van der Waals surface area contributed by atoms with Crippen LogP contribution in [0.3, 0.4) is 0 Å². The SMILES string of the molecule is Cc1cc(Nc2ncc(F)c(NC3C4C=CC(C4)C3C(N)=O)n2)ccc1OC1CCCN(C)C1. The number of nitrogens with zero attached hydrogens (tertiary/aromatic N) is 3. The normalized spacial score (nSPS) is 28.1. The van der Waals surface area contributed by atoms with E-state index in [4.69, 9.17) is 10.5 Å². The first kappa shape index (κ1) is 22.6. The number of likely N-dealkylation sites (tertiary alicyclic amines) is 1. The molecule has 9 heteroatoms. The summed E-state index contributed by atoms with van der Waals surface area (Å²) in [6.07, 6.45) is 8.45. The Hall–Kier alpha value is -3.20. The monoisotopic (exact) mass is 466 g/mol. The van der Waals surface area contributed by atoms with E-state index in [1.54, 1.807) is 0 Å². The Labute approximate surface area is 198 Å². The number of fused-ring (bicyclic) bond motifs is 2. The van der Waals surface area contributed by atoms with Crippen LogP contribution in [0.1, 0.15) is 24.8 Å². The molecular formula is C25H31FN6O2. The van der Waals surface area contributed by atoms with Gasteiger partial charge in [-0.25, -0.2) is 9.37 Å². The van der Waals surface area contributed by atoms with Gasteiger partial charge >= 0.3 is 0 Å². The largest absolute Gasteiger partial charge is 0.489 e. The number of likely N-dealkylation sites (N-methyl/N-ethyl adjacent to an activating group) is 1. The molecule has 2 aliphatic carbocycles. The summed E-state index contributed by atoms with van der Waals surface area (Å²) in [4.78, 5) is 22.7. The maximum Gasteiger partial charge on any atom is 0.229 e. The van der Waals surface area contributed by atoms with Gasteiger partial charge in [0.1, 0.15) is 11.9 Å². The molecule has 2 fully saturated rings. The minimum Gasteiger partial charge on any atom is -0.489 e. The summed E-state index contributed by atoms with van der Waals surface area (Å²) < 4.78 is 20.8. The van der Waals surface area contributed by atoms with E-state index in [2.05, 4.69) is 38.6 Å². The van der Waals surface area contributed by atoms with Gasteiger partial charge in [-0.2, -0.15) is 4.98 Å². The highest BCUT2D eigenvalue weighted by Gasteiger charge is 2.47. The van der Waals surface area contributed by atoms with Crippen molar-refractivity contribution in [3.05, 3.63) is 47.9 Å². The molecule has 2 heterocycles. The molecule has 5 atom stereocenters. The number of halogens is 1. The second kappa shape index (κ2) is 9.21. The zero-order valence-corrected chi connectivity index (χ0v) is 19.5. The first-order valence-corrected chi connectivity index (χ1v) is 11.9. The number of ether oxygens (including phenoxy) is 1. The molecule has 8 nitrogen and oxygen atoms in total. The molecule has 3 aliphatic rings. The molecule has 2 aromatic rings. The van der Waals surface area contributed by atoms with Gasteiger partial charge in [0.25, 0.3) is 0 Å². The van der Waals surface area contributed by atoms with E-state index in [9.17, 15) is 9.18 Å². The van der Waals surface area contributed by atoms with Crippen molar-refractivity contribution in [3.8, 4) is 5.75 Å². The molecule has 1 saturated heterocycles. The third kappa shape index (κ3) is 4.57. The molecule has 180 valence electrons. The van der Waals surface area contributed by atoms with Gasteiger partial charge in [0.05, 0.1) is 12.1 Å². The molecule has 1 amide bonds. The summed E-state index contributed by atoms with van der Waals surface area (Å²) >= 11 is 0. The smallest absolute Gasteiger partial charge is 0.229 e. The summed E-state index contributed by atoms with van der Waals surface area (Å²) in [6.45, 7) is 4.03. The molecule has 1 aromatic carbocycles. The second-order valence-corrected chi connectivity index (χ2v) is 9.69. The molecule has 1 saturated carbocycles. The minimum absolute atomic E-state index is 0.0628. The molecule has 1 aromatic heterocycles. The lowest BCUT2D eigenvalue weighted by molar-refractivity contribution is -0.122. The van der Waals surface area contributed by atoms with Gasteiger partial charge in [0, 0.05) is 18.3 Å². The average Bonchev–Trinajstić information content (AvgIpc) is 3.40. The predicted molar refractivity (Wildman–Crippen MR) is 128 cm³/mol. The van der Waals surface area contributed by atoms with Crippen molar-refractivity contribution < 1.29 is 13.9 Å². The number of allylic oxidation sites excluding steroid dienone is 1. The fourth-order valence-corrected chi connectivity index (χ4v) is 5.48. The Morgan fingerprint density at radius 2 is 2.12 bits per heavy atom. The van der Waals surface area contributed by atoms with Crippen LogP contribution < -0.4 is 21.1 Å². The van der Waals surface area contributed by atoms with Crippen LogP contribution in [0.25, 0.3) is 0 Å². The number of hydrogen-bond acceptors (Lipinski definition) is 7. The third-order valence-electron chi connectivity index (χ3n) is 7.14. The topological polar surface area (TPSA) is 105 Å². The zero-order chi connectivity index (χ0) is 23.8. The van der Waals surface area contributed by atoms with Crippen LogP contribution in [-0.2, 0) is 4.79 Å². The second-order valence-electron chi connectivity index (χ2n) is 9.69. The maximum absolute atomic E-state index is 14.5. The van der Waals surface area contributed by atoms with Crippen LogP contribution in [-0.4, -0.2) is 53.1 Å². The van der Waals surface area contributed by atoms with Crippen molar-refractivity contribution in [2.75, 3.05) is 30.8 Å². The molecule has 2 bridgehead atoms. The average molecular weight is 467 g/mol. The molecule has 1 aliphatic heterocycles. The molecule has 0 spiro atoms. The van der Waals surface area contributed by atoms with Gasteiger partial charge in [-0.05, 0) is 75.4 Å². The number of anilines is 3. The number of piperidine rings is 1. The van der Waals surface area contributed by atoms with E-state index < -0.39 is 5.82 Å². The summed E-state index contributed by atoms with van der Waals surface area (Å²) in [5.74, 6) is 0.0910. The van der Waals surface area contributed by atoms with Crippen molar-refractivity contribution in [3.63, 3.8) is 0 Å². The van der Waals surface area contributed by atoms with Crippen molar-refractivity contribution in [2.24, 2.45) is 23.5 Å². The lowest BCUT2D eigenvalue weighted by Crippen LogP contribution is -2.41. The number of nitrogens with one attached hydrogen (secondary N) is 2. The van der Waals surface area contributed by atoms with E-state index in [0.717, 1.165) is 55.5 Å². The van der Waals surface area contributed by atoms with Gasteiger partial charge < -0.3 is 26.0 Å². The molecule has 5 rings (SSSR count). The number of rotatable bonds is 7. The number of carbonyl (C=O) groups is 1. The number of nitrogens with two attached hydrogens (primary N) is 1. The van der Waals surface area contributed by atoms with E-state index in [1.165, 1.54) is 0 Å². The molecule has 5 unspecified atom stereocenters. The van der Waals surface area contributed by atoms with Crippen molar-refractivity contribution in [1.82, 2.24) is 14.9 Å². The van der Waals surface area contributed by atoms with Crippen LogP contribution >= 0.6 is 0 Å². The quantitative estimate of drug-likeness (QED) is 0.538. The van der Waals surface area contributed by atoms with E-state index in [1.807, 2.05) is 31.2 Å². The lowest BCUT2D eigenvalue weighted by atomic mass is 9.88. The molecule has 4 N–H and O–H groups in total. The standard InChI is InChI=1S/C25H31FN6O2/c1-14-10-17(7-8-20(14)34-18-4-3-9-32(2)13-18)29-25-28-12-19(26)24(31-25)30-22-16-6-5-15(11-16)21(22)23(27)33/h5-8,10,12,15-16,18,21-22H,3-4,9,11,13H2,1-2H3,(H2,27,33)(H2,28,29,30,31). The van der Waals surface area contributed by atoms with Crippen LogP contribution in [0, 0.1) is 30.5 Å². The number of amides is 1. The Morgan fingerprint density at radius 1 is 1.29 bits per heavy atom. The Kier molecular flexibility index (Phi) is 6.12. The summed E-state index contributed by atoms with van der Waals surface area (Å²) in [7, 11) is 2.11. The number of benzene rings is 1. The fraction of sp³-hybridized carbons (Fsp3) is 0.480. The van der Waals surface area contributed by atoms with E-state index in [0.29, 0.717) is 0 Å². The van der Waals surface area contributed by atoms with Crippen LogP contribution in [0.2, 0.25) is 0 Å². The zero-order valence-electron chi connectivity index (χ0n) is 19.5. The Balaban J connectivity index is 1.28. The number of aromatic nitrogens is 2. The Morgan fingerprint density at radius 3 is 2.88 bits per heavy atom. The van der Waals surface area contributed by atoms with E-state index in [-0.39, 0.29) is 47.6 Å². The van der Waals surface area contributed by atoms with Crippen molar-refractivity contribution in [2.45, 2.75) is 38.3 Å². The highest BCUT2D eigenvalue weighted by molar-refractivity contribution is 5.79. The van der Waals surface area contributed by atoms with Crippen LogP contribution in [0.5, 0.6) is 5.75 Å². The van der Waals surface area contributed by atoms with E-state index >= 15 is 0 Å². The predicted octanol–water partition coefficient (Wildman–Crippen LogP) is 3.23. The molecule has 0 radical (unpaired) electrons. The Bertz CT molecular complexity index is 1110. The number of primary amides is 1. The third-order valence-corrected chi connectivity index (χ3v) is 7.14. The maximum atomic E-state index is 14.5. The number of aryl methyl sites for hydroxylation is 1. The molecular weight excluding hydrogens is 435 g/mol. The van der Waals surface area contributed by atoms with Crippen molar-refractivity contribution in [1.29, 1.82) is 0 Å². The summed E-state index contributed by atoms with van der Waals surface area (Å²) in [5, 5.41) is 6.27. The highest BCUT2D eigenvalue weighted by atomic mass is 19.1.